The van der Waals surface area contributed by atoms with Gasteiger partial charge < -0.3 is 4.52 Å². The van der Waals surface area contributed by atoms with Crippen LogP contribution in [0.1, 0.15) is 35.7 Å². The van der Waals surface area contributed by atoms with Crippen LogP contribution < -0.4 is 0 Å². The van der Waals surface area contributed by atoms with E-state index in [1.54, 1.807) is 6.92 Å². The number of halogens is 1. The summed E-state index contributed by atoms with van der Waals surface area (Å²) in [5.41, 5.74) is 1.18. The lowest BCUT2D eigenvalue weighted by Gasteiger charge is -1.99. The average molecular weight is 185 g/mol. The Labute approximate surface area is 75.9 Å². The van der Waals surface area contributed by atoms with Gasteiger partial charge in [-0.05, 0) is 19.3 Å². The number of hydrogen-bond acceptors (Lipinski definition) is 3. The van der Waals surface area contributed by atoms with Gasteiger partial charge in [-0.25, -0.2) is 0 Å². The third kappa shape index (κ3) is 2.14. The molecule has 0 unspecified atom stereocenters. The SMILES string of the molecule is Cc1c(CC(C)C)noc1C(=O)F. The van der Waals surface area contributed by atoms with Gasteiger partial charge in [0.25, 0.3) is 0 Å². The maximum Gasteiger partial charge on any atom is 0.370 e. The quantitative estimate of drug-likeness (QED) is 0.678. The highest BCUT2D eigenvalue weighted by Crippen LogP contribution is 2.16. The van der Waals surface area contributed by atoms with Crippen LogP contribution in [0.25, 0.3) is 0 Å². The Bertz CT molecular complexity index is 317. The fourth-order valence-corrected chi connectivity index (χ4v) is 1.13. The Morgan fingerprint density at radius 2 is 2.23 bits per heavy atom. The van der Waals surface area contributed by atoms with Crippen LogP contribution >= 0.6 is 0 Å². The standard InChI is InChI=1S/C9H12FNO2/c1-5(2)4-7-6(3)8(9(10)12)13-11-7/h5H,4H2,1-3H3. The van der Waals surface area contributed by atoms with Crippen LogP contribution in [0.2, 0.25) is 0 Å². The minimum Gasteiger partial charge on any atom is -0.350 e. The molecular formula is C9H12FNO2. The number of rotatable bonds is 3. The van der Waals surface area contributed by atoms with Crippen LogP contribution in [0.5, 0.6) is 0 Å². The Kier molecular flexibility index (Phi) is 2.80. The zero-order valence-corrected chi connectivity index (χ0v) is 7.93. The van der Waals surface area contributed by atoms with Gasteiger partial charge in [-0.1, -0.05) is 19.0 Å². The number of hydrogen-bond donors (Lipinski definition) is 0. The van der Waals surface area contributed by atoms with E-state index in [1.165, 1.54) is 0 Å². The molecule has 0 amide bonds. The van der Waals surface area contributed by atoms with E-state index in [4.69, 9.17) is 0 Å². The van der Waals surface area contributed by atoms with Crippen molar-refractivity contribution in [2.45, 2.75) is 27.2 Å². The minimum atomic E-state index is -1.56. The van der Waals surface area contributed by atoms with E-state index in [0.717, 1.165) is 0 Å². The van der Waals surface area contributed by atoms with Crippen molar-refractivity contribution in [1.29, 1.82) is 0 Å². The van der Waals surface area contributed by atoms with Gasteiger partial charge in [0, 0.05) is 5.56 Å². The van der Waals surface area contributed by atoms with E-state index in [0.29, 0.717) is 23.6 Å². The molecule has 0 aliphatic heterocycles. The van der Waals surface area contributed by atoms with Gasteiger partial charge in [-0.3, -0.25) is 4.79 Å². The summed E-state index contributed by atoms with van der Waals surface area (Å²) >= 11 is 0. The molecule has 0 saturated heterocycles. The van der Waals surface area contributed by atoms with Gasteiger partial charge in [-0.2, -0.15) is 4.39 Å². The maximum atomic E-state index is 12.3. The molecule has 0 N–H and O–H groups in total. The lowest BCUT2D eigenvalue weighted by molar-refractivity contribution is 0.0794. The molecule has 0 aromatic carbocycles. The largest absolute Gasteiger partial charge is 0.370 e. The molecule has 0 spiro atoms. The van der Waals surface area contributed by atoms with Crippen molar-refractivity contribution in [1.82, 2.24) is 5.16 Å². The molecule has 13 heavy (non-hydrogen) atoms. The molecule has 0 atom stereocenters. The molecule has 1 heterocycles. The number of carbonyl (C=O) groups excluding carboxylic acids is 1. The zero-order valence-electron chi connectivity index (χ0n) is 7.93. The first-order valence-electron chi connectivity index (χ1n) is 4.17. The van der Waals surface area contributed by atoms with Crippen LogP contribution in [-0.4, -0.2) is 11.2 Å². The first-order chi connectivity index (χ1) is 6.02. The molecule has 0 bridgehead atoms. The summed E-state index contributed by atoms with van der Waals surface area (Å²) in [6.07, 6.45) is 0.697. The van der Waals surface area contributed by atoms with Crippen molar-refractivity contribution in [2.75, 3.05) is 0 Å². The summed E-state index contributed by atoms with van der Waals surface area (Å²) in [6.45, 7) is 5.68. The molecule has 1 rings (SSSR count). The fourth-order valence-electron chi connectivity index (χ4n) is 1.13. The van der Waals surface area contributed by atoms with E-state index < -0.39 is 6.04 Å². The van der Waals surface area contributed by atoms with Crippen molar-refractivity contribution in [2.24, 2.45) is 5.92 Å². The minimum absolute atomic E-state index is 0.268. The monoisotopic (exact) mass is 185 g/mol. The van der Waals surface area contributed by atoms with Crippen LogP contribution in [-0.2, 0) is 6.42 Å². The van der Waals surface area contributed by atoms with Crippen LogP contribution in [0, 0.1) is 12.8 Å². The summed E-state index contributed by atoms with van der Waals surface area (Å²) in [5.74, 6) is 0.141. The van der Waals surface area contributed by atoms with Crippen molar-refractivity contribution in [3.05, 3.63) is 17.0 Å². The molecule has 72 valence electrons. The van der Waals surface area contributed by atoms with Crippen molar-refractivity contribution < 1.29 is 13.7 Å². The molecule has 0 aliphatic carbocycles. The normalized spacial score (nSPS) is 10.8. The fraction of sp³-hybridized carbons (Fsp3) is 0.556. The van der Waals surface area contributed by atoms with Crippen LogP contribution in [0.15, 0.2) is 4.52 Å². The van der Waals surface area contributed by atoms with E-state index in [-0.39, 0.29) is 5.76 Å². The first kappa shape index (κ1) is 9.89. The topological polar surface area (TPSA) is 43.1 Å². The average Bonchev–Trinajstić information content (AvgIpc) is 2.32. The Hall–Kier alpha value is -1.19. The summed E-state index contributed by atoms with van der Waals surface area (Å²) in [5, 5.41) is 3.64. The summed E-state index contributed by atoms with van der Waals surface area (Å²) in [7, 11) is 0. The predicted octanol–water partition coefficient (Wildman–Crippen LogP) is 2.29. The number of nitrogens with zero attached hydrogens (tertiary/aromatic N) is 1. The molecule has 1 aromatic rings. The molecule has 3 nitrogen and oxygen atoms in total. The van der Waals surface area contributed by atoms with E-state index in [1.807, 2.05) is 13.8 Å². The van der Waals surface area contributed by atoms with Gasteiger partial charge in [0.1, 0.15) is 0 Å². The van der Waals surface area contributed by atoms with Crippen LogP contribution in [0.3, 0.4) is 0 Å². The smallest absolute Gasteiger partial charge is 0.350 e. The molecule has 0 aliphatic rings. The van der Waals surface area contributed by atoms with Crippen molar-refractivity contribution in [3.8, 4) is 0 Å². The first-order valence-corrected chi connectivity index (χ1v) is 4.17. The Morgan fingerprint density at radius 1 is 1.62 bits per heavy atom. The van der Waals surface area contributed by atoms with Gasteiger partial charge in [0.2, 0.25) is 5.76 Å². The van der Waals surface area contributed by atoms with E-state index >= 15 is 0 Å². The second-order valence-corrected chi connectivity index (χ2v) is 3.46. The van der Waals surface area contributed by atoms with Crippen molar-refractivity contribution in [3.63, 3.8) is 0 Å². The Balaban J connectivity index is 2.93. The van der Waals surface area contributed by atoms with Crippen LogP contribution in [0.4, 0.5) is 4.39 Å². The summed E-state index contributed by atoms with van der Waals surface area (Å²) < 4.78 is 16.9. The van der Waals surface area contributed by atoms with Gasteiger partial charge in [0.15, 0.2) is 0 Å². The van der Waals surface area contributed by atoms with Gasteiger partial charge in [-0.15, -0.1) is 0 Å². The number of carbonyl (C=O) groups is 1. The third-order valence-corrected chi connectivity index (χ3v) is 1.80. The predicted molar refractivity (Wildman–Crippen MR) is 45.2 cm³/mol. The van der Waals surface area contributed by atoms with Crippen molar-refractivity contribution >= 4 is 6.04 Å². The molecule has 0 fully saturated rings. The lowest BCUT2D eigenvalue weighted by atomic mass is 10.0. The number of aromatic nitrogens is 1. The lowest BCUT2D eigenvalue weighted by Crippen LogP contribution is -1.97. The third-order valence-electron chi connectivity index (χ3n) is 1.80. The second kappa shape index (κ2) is 3.68. The van der Waals surface area contributed by atoms with Gasteiger partial charge >= 0.3 is 6.04 Å². The maximum absolute atomic E-state index is 12.3. The van der Waals surface area contributed by atoms with Gasteiger partial charge in [0.05, 0.1) is 5.69 Å². The molecule has 0 radical (unpaired) electrons. The summed E-state index contributed by atoms with van der Waals surface area (Å²) in [6, 6.07) is -1.56. The summed E-state index contributed by atoms with van der Waals surface area (Å²) in [4.78, 5) is 10.4. The molecule has 4 heteroatoms. The molecule has 0 saturated carbocycles. The zero-order chi connectivity index (χ0) is 10.0. The molecular weight excluding hydrogens is 173 g/mol. The second-order valence-electron chi connectivity index (χ2n) is 3.46. The highest BCUT2D eigenvalue weighted by Gasteiger charge is 2.18. The van der Waals surface area contributed by atoms with E-state index in [2.05, 4.69) is 9.68 Å². The van der Waals surface area contributed by atoms with E-state index in [9.17, 15) is 9.18 Å². The Morgan fingerprint density at radius 3 is 2.62 bits per heavy atom. The molecule has 1 aromatic heterocycles. The highest BCUT2D eigenvalue weighted by molar-refractivity contribution is 5.86. The highest BCUT2D eigenvalue weighted by atomic mass is 19.1.